The number of nitrogens with one attached hydrogen (secondary N) is 1. The summed E-state index contributed by atoms with van der Waals surface area (Å²) in [5.41, 5.74) is 1.54. The van der Waals surface area contributed by atoms with Crippen LogP contribution in [0, 0.1) is 19.7 Å². The second kappa shape index (κ2) is 6.39. The first kappa shape index (κ1) is 15.0. The van der Waals surface area contributed by atoms with Gasteiger partial charge in [0.2, 0.25) is 0 Å². The Balaban J connectivity index is 1.88. The molecule has 0 saturated heterocycles. The lowest BCUT2D eigenvalue weighted by molar-refractivity contribution is 0.0946. The number of benzene rings is 1. The van der Waals surface area contributed by atoms with Crippen LogP contribution >= 0.6 is 0 Å². The van der Waals surface area contributed by atoms with Gasteiger partial charge in [0.1, 0.15) is 22.9 Å². The van der Waals surface area contributed by atoms with Gasteiger partial charge in [-0.1, -0.05) is 11.2 Å². The smallest absolute Gasteiger partial charge is 0.258 e. The average Bonchev–Trinajstić information content (AvgIpc) is 2.74. The maximum atomic E-state index is 13.5. The highest BCUT2D eigenvalue weighted by Gasteiger charge is 2.16. The number of hydrogen-bond donors (Lipinski definition) is 2. The Kier molecular flexibility index (Phi) is 4.57. The van der Waals surface area contributed by atoms with E-state index in [0.717, 1.165) is 23.1 Å². The van der Waals surface area contributed by atoms with Gasteiger partial charge in [-0.25, -0.2) is 4.39 Å². The molecule has 21 heavy (non-hydrogen) atoms. The van der Waals surface area contributed by atoms with Crippen LogP contribution in [0.5, 0.6) is 5.75 Å². The molecule has 1 aromatic heterocycles. The number of phenols is 1. The van der Waals surface area contributed by atoms with Gasteiger partial charge in [-0.15, -0.1) is 0 Å². The minimum Gasteiger partial charge on any atom is -0.507 e. The topological polar surface area (TPSA) is 75.4 Å². The second-order valence-corrected chi connectivity index (χ2v) is 4.80. The van der Waals surface area contributed by atoms with Gasteiger partial charge in [-0.3, -0.25) is 4.79 Å². The number of aromatic nitrogens is 1. The van der Waals surface area contributed by atoms with Crippen molar-refractivity contribution in [3.8, 4) is 5.75 Å². The molecule has 1 heterocycles. The van der Waals surface area contributed by atoms with Gasteiger partial charge < -0.3 is 14.9 Å². The van der Waals surface area contributed by atoms with Crippen LogP contribution in [0.1, 0.15) is 33.8 Å². The van der Waals surface area contributed by atoms with Crippen LogP contribution in [0.15, 0.2) is 22.7 Å². The molecule has 0 aliphatic heterocycles. The molecule has 1 amide bonds. The molecule has 0 bridgehead atoms. The van der Waals surface area contributed by atoms with E-state index in [2.05, 4.69) is 10.5 Å². The fourth-order valence-corrected chi connectivity index (χ4v) is 2.15. The molecular formula is C15H17FN2O3. The molecule has 1 aromatic carbocycles. The van der Waals surface area contributed by atoms with E-state index < -0.39 is 11.7 Å². The summed E-state index contributed by atoms with van der Waals surface area (Å²) >= 11 is 0. The lowest BCUT2D eigenvalue weighted by atomic mass is 10.1. The molecule has 112 valence electrons. The number of hydrogen-bond acceptors (Lipinski definition) is 4. The first-order valence-electron chi connectivity index (χ1n) is 6.68. The van der Waals surface area contributed by atoms with Crippen LogP contribution < -0.4 is 5.32 Å². The summed E-state index contributed by atoms with van der Waals surface area (Å²) in [4.78, 5) is 11.8. The first-order chi connectivity index (χ1) is 10.0. The predicted molar refractivity (Wildman–Crippen MR) is 74.7 cm³/mol. The molecule has 2 rings (SSSR count). The zero-order valence-corrected chi connectivity index (χ0v) is 11.9. The van der Waals surface area contributed by atoms with E-state index >= 15 is 0 Å². The van der Waals surface area contributed by atoms with E-state index in [4.69, 9.17) is 4.52 Å². The lowest BCUT2D eigenvalue weighted by Crippen LogP contribution is -2.25. The van der Waals surface area contributed by atoms with E-state index in [1.165, 1.54) is 12.1 Å². The Morgan fingerprint density at radius 3 is 2.81 bits per heavy atom. The number of amides is 1. The summed E-state index contributed by atoms with van der Waals surface area (Å²) < 4.78 is 18.6. The highest BCUT2D eigenvalue weighted by atomic mass is 19.1. The van der Waals surface area contributed by atoms with Crippen LogP contribution in [0.2, 0.25) is 0 Å². The van der Waals surface area contributed by atoms with Crippen LogP contribution in [0.25, 0.3) is 0 Å². The molecule has 0 unspecified atom stereocenters. The Labute approximate surface area is 121 Å². The molecule has 0 radical (unpaired) electrons. The van der Waals surface area contributed by atoms with E-state index in [-0.39, 0.29) is 11.3 Å². The summed E-state index contributed by atoms with van der Waals surface area (Å²) in [6.07, 6.45) is 1.38. The highest BCUT2D eigenvalue weighted by molar-refractivity contribution is 5.97. The van der Waals surface area contributed by atoms with Crippen molar-refractivity contribution >= 4 is 5.91 Å². The van der Waals surface area contributed by atoms with Crippen molar-refractivity contribution in [1.82, 2.24) is 10.5 Å². The van der Waals surface area contributed by atoms with E-state index in [1.807, 2.05) is 13.8 Å². The largest absolute Gasteiger partial charge is 0.507 e. The van der Waals surface area contributed by atoms with Crippen LogP contribution in [0.4, 0.5) is 4.39 Å². The molecule has 0 saturated carbocycles. The van der Waals surface area contributed by atoms with Gasteiger partial charge in [-0.05, 0) is 38.8 Å². The van der Waals surface area contributed by atoms with E-state index in [1.54, 1.807) is 0 Å². The molecule has 0 atom stereocenters. The number of carbonyl (C=O) groups excluding carboxylic acids is 1. The van der Waals surface area contributed by atoms with Crippen LogP contribution in [0.3, 0.4) is 0 Å². The zero-order chi connectivity index (χ0) is 15.4. The summed E-state index contributed by atoms with van der Waals surface area (Å²) in [5.74, 6) is -0.952. The second-order valence-electron chi connectivity index (χ2n) is 4.80. The lowest BCUT2D eigenvalue weighted by Gasteiger charge is -2.07. The number of phenolic OH excluding ortho intramolecular Hbond substituents is 1. The fraction of sp³-hybridized carbons (Fsp3) is 0.333. The van der Waals surface area contributed by atoms with Gasteiger partial charge in [0.25, 0.3) is 5.91 Å². The van der Waals surface area contributed by atoms with Gasteiger partial charge in [0.15, 0.2) is 0 Å². The first-order valence-corrected chi connectivity index (χ1v) is 6.68. The molecule has 6 heteroatoms. The molecule has 0 aliphatic rings. The minimum absolute atomic E-state index is 0.324. The van der Waals surface area contributed by atoms with Crippen molar-refractivity contribution in [1.29, 1.82) is 0 Å². The molecule has 5 nitrogen and oxygen atoms in total. The van der Waals surface area contributed by atoms with Gasteiger partial charge in [0, 0.05) is 12.1 Å². The number of halogens is 1. The quantitative estimate of drug-likeness (QED) is 0.830. The third-order valence-electron chi connectivity index (χ3n) is 3.29. The molecule has 0 aliphatic carbocycles. The minimum atomic E-state index is -0.738. The van der Waals surface area contributed by atoms with E-state index in [9.17, 15) is 14.3 Å². The Hall–Kier alpha value is -2.37. The standard InChI is InChI=1S/C15H17FN2O3/c1-9-11(10(2)21-18-9)5-4-8-17-15(20)14-12(16)6-3-7-13(14)19/h3,6-7,19H,4-5,8H2,1-2H3,(H,17,20). The fourth-order valence-electron chi connectivity index (χ4n) is 2.15. The molecule has 2 N–H and O–H groups in total. The molecule has 0 spiro atoms. The summed E-state index contributed by atoms with van der Waals surface area (Å²) in [7, 11) is 0. The summed E-state index contributed by atoms with van der Waals surface area (Å²) in [5, 5.41) is 16.0. The third-order valence-corrected chi connectivity index (χ3v) is 3.29. The predicted octanol–water partition coefficient (Wildman–Crippen LogP) is 2.50. The van der Waals surface area contributed by atoms with Crippen LogP contribution in [-0.2, 0) is 6.42 Å². The zero-order valence-electron chi connectivity index (χ0n) is 11.9. The SMILES string of the molecule is Cc1noc(C)c1CCCNC(=O)c1c(O)cccc1F. The number of aromatic hydroxyl groups is 1. The van der Waals surface area contributed by atoms with Crippen LogP contribution in [-0.4, -0.2) is 22.7 Å². The van der Waals surface area contributed by atoms with Crippen molar-refractivity contribution in [2.45, 2.75) is 26.7 Å². The molecule has 2 aromatic rings. The maximum Gasteiger partial charge on any atom is 0.258 e. The molecule has 0 fully saturated rings. The number of carbonyl (C=O) groups is 1. The maximum absolute atomic E-state index is 13.5. The Morgan fingerprint density at radius 2 is 2.19 bits per heavy atom. The molecular weight excluding hydrogens is 275 g/mol. The monoisotopic (exact) mass is 292 g/mol. The third kappa shape index (κ3) is 3.39. The Morgan fingerprint density at radius 1 is 1.43 bits per heavy atom. The number of aryl methyl sites for hydroxylation is 2. The van der Waals surface area contributed by atoms with Gasteiger partial charge in [-0.2, -0.15) is 0 Å². The van der Waals surface area contributed by atoms with Crippen molar-refractivity contribution in [3.63, 3.8) is 0 Å². The van der Waals surface area contributed by atoms with E-state index in [0.29, 0.717) is 19.4 Å². The highest BCUT2D eigenvalue weighted by Crippen LogP contribution is 2.19. The summed E-state index contributed by atoms with van der Waals surface area (Å²) in [6.45, 7) is 4.07. The van der Waals surface area contributed by atoms with Gasteiger partial charge >= 0.3 is 0 Å². The van der Waals surface area contributed by atoms with Crippen molar-refractivity contribution in [3.05, 3.63) is 46.6 Å². The number of nitrogens with zero attached hydrogens (tertiary/aromatic N) is 1. The average molecular weight is 292 g/mol. The summed E-state index contributed by atoms with van der Waals surface area (Å²) in [6, 6.07) is 3.76. The number of rotatable bonds is 5. The van der Waals surface area contributed by atoms with Crippen molar-refractivity contribution in [2.24, 2.45) is 0 Å². The van der Waals surface area contributed by atoms with Gasteiger partial charge in [0.05, 0.1) is 5.69 Å². The van der Waals surface area contributed by atoms with Crippen molar-refractivity contribution in [2.75, 3.05) is 6.54 Å². The van der Waals surface area contributed by atoms with Crippen molar-refractivity contribution < 1.29 is 18.8 Å². The normalized spacial score (nSPS) is 10.6. The Bertz CT molecular complexity index is 613.